The summed E-state index contributed by atoms with van der Waals surface area (Å²) < 4.78 is 11.3. The minimum atomic E-state index is -0.952. The SMILES string of the molecule is Cc1c(C[S@@](C)=O)cccc1NC(=O)c1ncccc1O. The number of hydrogen-bond donors (Lipinski definition) is 2. The second-order valence-corrected chi connectivity index (χ2v) is 6.07. The maximum Gasteiger partial charge on any atom is 0.278 e. The van der Waals surface area contributed by atoms with E-state index in [1.165, 1.54) is 12.3 Å². The first kappa shape index (κ1) is 15.2. The van der Waals surface area contributed by atoms with E-state index in [9.17, 15) is 14.1 Å². The second kappa shape index (κ2) is 6.49. The number of nitrogens with zero attached hydrogens (tertiary/aromatic N) is 1. The van der Waals surface area contributed by atoms with Crippen molar-refractivity contribution in [3.8, 4) is 5.75 Å². The van der Waals surface area contributed by atoms with Crippen LogP contribution in [0.5, 0.6) is 5.75 Å². The summed E-state index contributed by atoms with van der Waals surface area (Å²) in [6.45, 7) is 1.86. The Morgan fingerprint density at radius 2 is 2.10 bits per heavy atom. The molecule has 0 unspecified atom stereocenters. The number of aromatic nitrogens is 1. The molecule has 1 heterocycles. The van der Waals surface area contributed by atoms with Gasteiger partial charge in [-0.3, -0.25) is 9.00 Å². The molecular formula is C15H16N2O3S. The summed E-state index contributed by atoms with van der Waals surface area (Å²) in [4.78, 5) is 16.0. The molecular weight excluding hydrogens is 288 g/mol. The summed E-state index contributed by atoms with van der Waals surface area (Å²) in [6, 6.07) is 8.39. The van der Waals surface area contributed by atoms with Gasteiger partial charge in [0.2, 0.25) is 0 Å². The van der Waals surface area contributed by atoms with Crippen LogP contribution in [0.4, 0.5) is 5.69 Å². The average Bonchev–Trinajstić information content (AvgIpc) is 2.43. The van der Waals surface area contributed by atoms with E-state index in [1.54, 1.807) is 24.5 Å². The molecule has 1 atom stereocenters. The summed E-state index contributed by atoms with van der Waals surface area (Å²) in [5.74, 6) is -0.214. The third kappa shape index (κ3) is 3.66. The molecule has 0 saturated heterocycles. The number of benzene rings is 1. The fraction of sp³-hybridized carbons (Fsp3) is 0.200. The number of nitrogens with one attached hydrogen (secondary N) is 1. The van der Waals surface area contributed by atoms with Crippen LogP contribution in [0.15, 0.2) is 36.5 Å². The molecule has 1 aromatic carbocycles. The van der Waals surface area contributed by atoms with Gasteiger partial charge in [0.05, 0.1) is 0 Å². The zero-order chi connectivity index (χ0) is 15.4. The first-order chi connectivity index (χ1) is 9.99. The smallest absolute Gasteiger partial charge is 0.278 e. The largest absolute Gasteiger partial charge is 0.505 e. The molecule has 0 radical (unpaired) electrons. The standard InChI is InChI=1S/C15H16N2O3S/c1-10-11(9-21(2)20)5-3-6-12(10)17-15(19)14-13(18)7-4-8-16-14/h3-8,18H,9H2,1-2H3,(H,17,19)/t21-/m1/s1. The quantitative estimate of drug-likeness (QED) is 0.908. The van der Waals surface area contributed by atoms with Crippen molar-refractivity contribution >= 4 is 22.4 Å². The number of amides is 1. The molecule has 0 aliphatic rings. The highest BCUT2D eigenvalue weighted by atomic mass is 32.2. The van der Waals surface area contributed by atoms with Gasteiger partial charge in [-0.1, -0.05) is 12.1 Å². The minimum Gasteiger partial charge on any atom is -0.505 e. The van der Waals surface area contributed by atoms with Crippen molar-refractivity contribution in [3.63, 3.8) is 0 Å². The molecule has 5 nitrogen and oxygen atoms in total. The summed E-state index contributed by atoms with van der Waals surface area (Å²) in [6.07, 6.45) is 3.08. The number of pyridine rings is 1. The molecule has 6 heteroatoms. The van der Waals surface area contributed by atoms with Crippen molar-refractivity contribution in [1.29, 1.82) is 0 Å². The lowest BCUT2D eigenvalue weighted by Gasteiger charge is -2.12. The number of aromatic hydroxyl groups is 1. The van der Waals surface area contributed by atoms with Gasteiger partial charge in [-0.25, -0.2) is 4.98 Å². The minimum absolute atomic E-state index is 0.0265. The molecule has 2 aromatic rings. The normalized spacial score (nSPS) is 11.9. The van der Waals surface area contributed by atoms with Crippen molar-refractivity contribution in [3.05, 3.63) is 53.3 Å². The highest BCUT2D eigenvalue weighted by Gasteiger charge is 2.14. The van der Waals surface area contributed by atoms with Crippen molar-refractivity contribution < 1.29 is 14.1 Å². The highest BCUT2D eigenvalue weighted by molar-refractivity contribution is 7.83. The van der Waals surface area contributed by atoms with E-state index in [0.29, 0.717) is 11.4 Å². The zero-order valence-corrected chi connectivity index (χ0v) is 12.6. The lowest BCUT2D eigenvalue weighted by atomic mass is 10.1. The summed E-state index contributed by atoms with van der Waals surface area (Å²) in [5.41, 5.74) is 2.37. The second-order valence-electron chi connectivity index (χ2n) is 4.63. The highest BCUT2D eigenvalue weighted by Crippen LogP contribution is 2.22. The van der Waals surface area contributed by atoms with Gasteiger partial charge >= 0.3 is 0 Å². The summed E-state index contributed by atoms with van der Waals surface area (Å²) in [7, 11) is -0.952. The Bertz CT molecular complexity index is 701. The van der Waals surface area contributed by atoms with Gasteiger partial charge < -0.3 is 10.4 Å². The van der Waals surface area contributed by atoms with E-state index >= 15 is 0 Å². The first-order valence-electron chi connectivity index (χ1n) is 6.33. The van der Waals surface area contributed by atoms with Crippen LogP contribution in [0, 0.1) is 6.92 Å². The van der Waals surface area contributed by atoms with Gasteiger partial charge in [-0.15, -0.1) is 0 Å². The monoisotopic (exact) mass is 304 g/mol. The molecule has 21 heavy (non-hydrogen) atoms. The Kier molecular flexibility index (Phi) is 4.70. The van der Waals surface area contributed by atoms with E-state index in [-0.39, 0.29) is 11.4 Å². The van der Waals surface area contributed by atoms with Crippen LogP contribution in [0.1, 0.15) is 21.6 Å². The molecule has 2 rings (SSSR count). The fourth-order valence-electron chi connectivity index (χ4n) is 1.95. The number of carbonyl (C=O) groups excluding carboxylic acids is 1. The topological polar surface area (TPSA) is 79.3 Å². The van der Waals surface area contributed by atoms with Crippen LogP contribution >= 0.6 is 0 Å². The third-order valence-electron chi connectivity index (χ3n) is 3.05. The number of hydrogen-bond acceptors (Lipinski definition) is 4. The molecule has 1 aromatic heterocycles. The zero-order valence-electron chi connectivity index (χ0n) is 11.8. The Morgan fingerprint density at radius 3 is 2.76 bits per heavy atom. The van der Waals surface area contributed by atoms with Crippen LogP contribution < -0.4 is 5.32 Å². The van der Waals surface area contributed by atoms with Crippen LogP contribution in [-0.4, -0.2) is 26.5 Å². The maximum absolute atomic E-state index is 12.1. The number of rotatable bonds is 4. The van der Waals surface area contributed by atoms with Crippen LogP contribution in [0.25, 0.3) is 0 Å². The fourth-order valence-corrected chi connectivity index (χ4v) is 2.70. The number of anilines is 1. The Balaban J connectivity index is 2.26. The van der Waals surface area contributed by atoms with Crippen LogP contribution in [-0.2, 0) is 16.6 Å². The van der Waals surface area contributed by atoms with E-state index in [4.69, 9.17) is 0 Å². The molecule has 2 N–H and O–H groups in total. The molecule has 0 fully saturated rings. The lowest BCUT2D eigenvalue weighted by Crippen LogP contribution is -2.15. The molecule has 0 aliphatic heterocycles. The van der Waals surface area contributed by atoms with Gasteiger partial charge in [0, 0.05) is 34.7 Å². The van der Waals surface area contributed by atoms with Crippen molar-refractivity contribution in [1.82, 2.24) is 4.98 Å². The van der Waals surface area contributed by atoms with E-state index < -0.39 is 16.7 Å². The molecule has 110 valence electrons. The lowest BCUT2D eigenvalue weighted by molar-refractivity contribution is 0.101. The molecule has 0 spiro atoms. The summed E-state index contributed by atoms with van der Waals surface area (Å²) >= 11 is 0. The molecule has 0 saturated carbocycles. The average molecular weight is 304 g/mol. The summed E-state index contributed by atoms with van der Waals surface area (Å²) in [5, 5.41) is 12.4. The predicted molar refractivity (Wildman–Crippen MR) is 82.8 cm³/mol. The Morgan fingerprint density at radius 1 is 1.33 bits per heavy atom. The van der Waals surface area contributed by atoms with Gasteiger partial charge in [0.25, 0.3) is 5.91 Å². The van der Waals surface area contributed by atoms with E-state index in [0.717, 1.165) is 11.1 Å². The molecule has 0 bridgehead atoms. The van der Waals surface area contributed by atoms with Gasteiger partial charge in [-0.05, 0) is 36.2 Å². The van der Waals surface area contributed by atoms with E-state index in [2.05, 4.69) is 10.3 Å². The Hall–Kier alpha value is -2.21. The number of carbonyl (C=O) groups is 1. The van der Waals surface area contributed by atoms with Crippen molar-refractivity contribution in [2.45, 2.75) is 12.7 Å². The third-order valence-corrected chi connectivity index (χ3v) is 3.77. The predicted octanol–water partition coefficient (Wildman–Crippen LogP) is 2.23. The molecule has 1 amide bonds. The van der Waals surface area contributed by atoms with Gasteiger partial charge in [-0.2, -0.15) is 0 Å². The van der Waals surface area contributed by atoms with Crippen molar-refractivity contribution in [2.75, 3.05) is 11.6 Å². The first-order valence-corrected chi connectivity index (χ1v) is 8.05. The van der Waals surface area contributed by atoms with Crippen LogP contribution in [0.2, 0.25) is 0 Å². The van der Waals surface area contributed by atoms with Gasteiger partial charge in [0.1, 0.15) is 5.75 Å². The van der Waals surface area contributed by atoms with E-state index in [1.807, 2.05) is 13.0 Å². The van der Waals surface area contributed by atoms with Crippen molar-refractivity contribution in [2.24, 2.45) is 0 Å². The maximum atomic E-state index is 12.1. The Labute approximate surface area is 125 Å². The van der Waals surface area contributed by atoms with Crippen LogP contribution in [0.3, 0.4) is 0 Å². The van der Waals surface area contributed by atoms with Gasteiger partial charge in [0.15, 0.2) is 5.69 Å². The molecule has 0 aliphatic carbocycles.